The number of fused-ring (bicyclic) bond motifs is 1. The molecule has 4 N–H and O–H groups in total. The van der Waals surface area contributed by atoms with Crippen molar-refractivity contribution in [2.24, 2.45) is 10.7 Å². The molecule has 0 aliphatic carbocycles. The second-order valence-electron chi connectivity index (χ2n) is 9.14. The van der Waals surface area contributed by atoms with E-state index < -0.39 is 8.07 Å². The molecule has 0 aliphatic heterocycles. The summed E-state index contributed by atoms with van der Waals surface area (Å²) in [5, 5.41) is 13.4. The Bertz CT molecular complexity index is 1090. The van der Waals surface area contributed by atoms with Gasteiger partial charge in [-0.25, -0.2) is 0 Å². The number of aromatic nitrogens is 2. The van der Waals surface area contributed by atoms with E-state index in [9.17, 15) is 0 Å². The first-order chi connectivity index (χ1) is 15.9. The first-order valence-corrected chi connectivity index (χ1v) is 15.0. The molecule has 7 nitrogen and oxygen atoms in total. The summed E-state index contributed by atoms with van der Waals surface area (Å²) in [7, 11) is -1.11. The lowest BCUT2D eigenvalue weighted by Gasteiger charge is -2.14. The van der Waals surface area contributed by atoms with Crippen molar-refractivity contribution in [2.75, 3.05) is 19.9 Å². The molecule has 33 heavy (non-hydrogen) atoms. The average Bonchev–Trinajstić information content (AvgIpc) is 3.19. The van der Waals surface area contributed by atoms with Crippen molar-refractivity contribution in [3.05, 3.63) is 66.5 Å². The summed E-state index contributed by atoms with van der Waals surface area (Å²) in [6.07, 6.45) is 6.00. The number of hydrogen-bond acceptors (Lipinski definition) is 5. The number of nitrogens with two attached hydrogens (primary N) is 1. The summed E-state index contributed by atoms with van der Waals surface area (Å²) in [4.78, 5) is 4.56. The molecule has 176 valence electrons. The highest BCUT2D eigenvalue weighted by atomic mass is 28.3. The lowest BCUT2D eigenvalue weighted by atomic mass is 10.1. The van der Waals surface area contributed by atoms with Crippen LogP contribution in [0.1, 0.15) is 12.0 Å². The number of aliphatic imine (C=N–C) groups is 1. The van der Waals surface area contributed by atoms with E-state index in [1.165, 1.54) is 6.20 Å². The van der Waals surface area contributed by atoms with Crippen LogP contribution in [0.2, 0.25) is 25.7 Å². The molecule has 0 saturated carbocycles. The first kappa shape index (κ1) is 24.7. The molecule has 0 amide bonds. The molecule has 3 aromatic rings. The van der Waals surface area contributed by atoms with Gasteiger partial charge in [-0.15, -0.1) is 4.68 Å². The van der Waals surface area contributed by atoms with Gasteiger partial charge in [0.25, 0.3) is 0 Å². The third-order valence-corrected chi connectivity index (χ3v) is 6.81. The predicted octanol–water partition coefficient (Wildman–Crippen LogP) is 4.20. The number of H-pyrrole nitrogens is 1. The molecule has 3 rings (SSSR count). The molecule has 0 radical (unpaired) electrons. The quantitative estimate of drug-likeness (QED) is 0.161. The number of nitrogens with zero attached hydrogens (tertiary/aromatic N) is 2. The Kier molecular flexibility index (Phi) is 8.82. The standard InChI is InChI=1S/C25H34N4O3Si/c1-33(2,3)16-15-31-19-27-24(11-12-26)20-5-7-22(8-6-20)32-23-9-10-25-21(17-23)18-29(28-25)13-4-14-30/h5-12,17-18,30H,4,13-16,19H2,1-3H3,(H2,26,27)/p+1. The molecule has 0 spiro atoms. The molecule has 1 aromatic heterocycles. The van der Waals surface area contributed by atoms with E-state index in [-0.39, 0.29) is 6.61 Å². The van der Waals surface area contributed by atoms with E-state index in [4.69, 9.17) is 20.3 Å². The highest BCUT2D eigenvalue weighted by molar-refractivity contribution is 6.76. The van der Waals surface area contributed by atoms with E-state index >= 15 is 0 Å². The van der Waals surface area contributed by atoms with E-state index in [0.717, 1.165) is 52.9 Å². The molecule has 0 atom stereocenters. The number of benzene rings is 2. The normalized spacial score (nSPS) is 12.7. The zero-order valence-corrected chi connectivity index (χ0v) is 20.8. The fourth-order valence-corrected chi connectivity index (χ4v) is 4.01. The lowest BCUT2D eigenvalue weighted by molar-refractivity contribution is -0.748. The van der Waals surface area contributed by atoms with E-state index in [1.807, 2.05) is 53.3 Å². The maximum atomic E-state index is 9.02. The van der Waals surface area contributed by atoms with Gasteiger partial charge in [0.15, 0.2) is 6.54 Å². The van der Waals surface area contributed by atoms with Crippen LogP contribution in [-0.4, -0.2) is 43.9 Å². The number of ether oxygens (including phenoxy) is 2. The first-order valence-electron chi connectivity index (χ1n) is 11.3. The minimum atomic E-state index is -1.11. The van der Waals surface area contributed by atoms with Crippen molar-refractivity contribution in [3.8, 4) is 11.5 Å². The molecular weight excluding hydrogens is 432 g/mol. The lowest BCUT2D eigenvalue weighted by Crippen LogP contribution is -2.34. The summed E-state index contributed by atoms with van der Waals surface area (Å²) in [5.41, 5.74) is 8.37. The molecular formula is C25H35N4O3Si+. The van der Waals surface area contributed by atoms with Crippen molar-refractivity contribution in [1.82, 2.24) is 5.10 Å². The van der Waals surface area contributed by atoms with Crippen LogP contribution in [-0.2, 0) is 11.3 Å². The van der Waals surface area contributed by atoms with Gasteiger partial charge in [-0.2, -0.15) is 5.10 Å². The fraction of sp³-hybridized carbons (Fsp3) is 0.360. The van der Waals surface area contributed by atoms with Crippen molar-refractivity contribution in [3.63, 3.8) is 0 Å². The maximum Gasteiger partial charge on any atom is 0.203 e. The van der Waals surface area contributed by atoms with Crippen molar-refractivity contribution in [2.45, 2.75) is 38.7 Å². The Balaban J connectivity index is 1.63. The van der Waals surface area contributed by atoms with Crippen LogP contribution in [0.15, 0.2) is 65.9 Å². The number of hydrogen-bond donors (Lipinski definition) is 3. The smallest absolute Gasteiger partial charge is 0.203 e. The summed E-state index contributed by atoms with van der Waals surface area (Å²) >= 11 is 0. The van der Waals surface area contributed by atoms with Gasteiger partial charge in [0.2, 0.25) is 6.20 Å². The largest absolute Gasteiger partial charge is 0.457 e. The van der Waals surface area contributed by atoms with Crippen molar-refractivity contribution in [1.29, 1.82) is 0 Å². The van der Waals surface area contributed by atoms with Crippen LogP contribution in [0, 0.1) is 0 Å². The molecule has 0 bridgehead atoms. The number of aryl methyl sites for hydroxylation is 1. The minimum Gasteiger partial charge on any atom is -0.457 e. The van der Waals surface area contributed by atoms with E-state index in [1.54, 1.807) is 6.08 Å². The van der Waals surface area contributed by atoms with Crippen LogP contribution >= 0.6 is 0 Å². The topological polar surface area (TPSA) is 96.7 Å². The Morgan fingerprint density at radius 3 is 2.61 bits per heavy atom. The second kappa shape index (κ2) is 11.8. The van der Waals surface area contributed by atoms with Gasteiger partial charge >= 0.3 is 0 Å². The number of nitrogens with one attached hydrogen (secondary N) is 1. The third-order valence-electron chi connectivity index (χ3n) is 5.10. The highest BCUT2D eigenvalue weighted by Crippen LogP contribution is 2.25. The van der Waals surface area contributed by atoms with Gasteiger partial charge in [-0.05, 0) is 60.8 Å². The molecule has 0 aliphatic rings. The predicted molar refractivity (Wildman–Crippen MR) is 136 cm³/mol. The van der Waals surface area contributed by atoms with Crippen LogP contribution in [0.25, 0.3) is 10.9 Å². The fourth-order valence-electron chi connectivity index (χ4n) is 3.25. The maximum absolute atomic E-state index is 9.02. The van der Waals surface area contributed by atoms with Gasteiger partial charge in [0, 0.05) is 33.3 Å². The van der Waals surface area contributed by atoms with Crippen LogP contribution in [0.5, 0.6) is 11.5 Å². The van der Waals surface area contributed by atoms with Crippen LogP contribution in [0.4, 0.5) is 0 Å². The molecule has 0 saturated heterocycles. The number of allylic oxidation sites excluding steroid dienone is 1. The number of aliphatic hydroxyl groups excluding tert-OH is 1. The van der Waals surface area contributed by atoms with Gasteiger partial charge in [0.1, 0.15) is 23.7 Å². The van der Waals surface area contributed by atoms with E-state index in [0.29, 0.717) is 13.2 Å². The zero-order chi connectivity index (χ0) is 23.7. The molecule has 2 aromatic carbocycles. The van der Waals surface area contributed by atoms with E-state index in [2.05, 4.69) is 29.7 Å². The van der Waals surface area contributed by atoms with Crippen molar-refractivity contribution >= 4 is 24.7 Å². The van der Waals surface area contributed by atoms with Gasteiger partial charge < -0.3 is 20.3 Å². The highest BCUT2D eigenvalue weighted by Gasteiger charge is 2.12. The zero-order valence-electron chi connectivity index (χ0n) is 19.8. The Morgan fingerprint density at radius 1 is 1.15 bits per heavy atom. The Morgan fingerprint density at radius 2 is 1.91 bits per heavy atom. The summed E-state index contributed by atoms with van der Waals surface area (Å²) in [6.45, 7) is 8.96. The van der Waals surface area contributed by atoms with Gasteiger partial charge in [-0.1, -0.05) is 19.6 Å². The van der Waals surface area contributed by atoms with Crippen molar-refractivity contribution < 1.29 is 19.3 Å². The Hall–Kier alpha value is -2.94. The molecule has 8 heteroatoms. The third kappa shape index (κ3) is 7.85. The van der Waals surface area contributed by atoms with Crippen LogP contribution < -0.4 is 15.2 Å². The summed E-state index contributed by atoms with van der Waals surface area (Å²) in [5.74, 6) is 1.50. The van der Waals surface area contributed by atoms with Gasteiger partial charge in [-0.3, -0.25) is 4.99 Å². The van der Waals surface area contributed by atoms with Crippen LogP contribution in [0.3, 0.4) is 0 Å². The SMILES string of the molecule is C[Si](C)(C)CCOC/N=C(/C=C\N)c1ccc(Oc2ccc3[nH][n+](CCCO)cc3c2)cc1. The number of aliphatic hydroxyl groups is 1. The second-order valence-corrected chi connectivity index (χ2v) is 14.8. The Labute approximate surface area is 196 Å². The van der Waals surface area contributed by atoms with Gasteiger partial charge in [0.05, 0.1) is 11.1 Å². The summed E-state index contributed by atoms with van der Waals surface area (Å²) in [6, 6.07) is 14.8. The number of aromatic amines is 1. The summed E-state index contributed by atoms with van der Waals surface area (Å²) < 4.78 is 13.7. The number of rotatable bonds is 12. The molecule has 1 heterocycles. The monoisotopic (exact) mass is 467 g/mol. The molecule has 0 fully saturated rings. The molecule has 0 unspecified atom stereocenters. The minimum absolute atomic E-state index is 0.172. The average molecular weight is 468 g/mol.